The highest BCUT2D eigenvalue weighted by Crippen LogP contribution is 2.21. The number of fused-ring (bicyclic) bond motifs is 1. The van der Waals surface area contributed by atoms with Crippen molar-refractivity contribution in [2.45, 2.75) is 6.92 Å². The van der Waals surface area contributed by atoms with Gasteiger partial charge < -0.3 is 9.72 Å². The van der Waals surface area contributed by atoms with E-state index in [4.69, 9.17) is 17.0 Å². The predicted octanol–water partition coefficient (Wildman–Crippen LogP) is 3.65. The zero-order valence-corrected chi connectivity index (χ0v) is 12.7. The van der Waals surface area contributed by atoms with E-state index in [1.807, 2.05) is 0 Å². The summed E-state index contributed by atoms with van der Waals surface area (Å²) in [4.78, 5) is 15.4. The van der Waals surface area contributed by atoms with Crippen molar-refractivity contribution in [2.75, 3.05) is 6.61 Å². The van der Waals surface area contributed by atoms with Crippen molar-refractivity contribution < 1.29 is 9.13 Å². The molecule has 0 amide bonds. The van der Waals surface area contributed by atoms with Crippen LogP contribution in [0.2, 0.25) is 0 Å². The van der Waals surface area contributed by atoms with Crippen LogP contribution < -0.4 is 10.3 Å². The zero-order chi connectivity index (χ0) is 15.0. The van der Waals surface area contributed by atoms with E-state index in [1.165, 1.54) is 28.0 Å². The van der Waals surface area contributed by atoms with Crippen molar-refractivity contribution in [3.05, 3.63) is 50.6 Å². The van der Waals surface area contributed by atoms with Gasteiger partial charge in [-0.3, -0.25) is 9.36 Å². The van der Waals surface area contributed by atoms with E-state index >= 15 is 0 Å². The fourth-order valence-electron chi connectivity index (χ4n) is 2.07. The van der Waals surface area contributed by atoms with Gasteiger partial charge in [-0.2, -0.15) is 0 Å². The van der Waals surface area contributed by atoms with E-state index in [9.17, 15) is 9.18 Å². The lowest BCUT2D eigenvalue weighted by atomic mass is 10.3. The third-order valence-corrected chi connectivity index (χ3v) is 4.17. The summed E-state index contributed by atoms with van der Waals surface area (Å²) in [6.07, 6.45) is 0. The van der Waals surface area contributed by atoms with Gasteiger partial charge in [-0.15, -0.1) is 11.3 Å². The van der Waals surface area contributed by atoms with Crippen molar-refractivity contribution in [2.24, 2.45) is 0 Å². The van der Waals surface area contributed by atoms with Crippen LogP contribution in [-0.2, 0) is 0 Å². The van der Waals surface area contributed by atoms with Gasteiger partial charge in [0.2, 0.25) is 0 Å². The van der Waals surface area contributed by atoms with Gasteiger partial charge >= 0.3 is 0 Å². The number of nitrogens with one attached hydrogen (secondary N) is 1. The van der Waals surface area contributed by atoms with Crippen LogP contribution in [-0.4, -0.2) is 16.2 Å². The number of aromatic amines is 1. The van der Waals surface area contributed by atoms with E-state index in [2.05, 4.69) is 4.98 Å². The molecule has 0 saturated carbocycles. The average Bonchev–Trinajstić information content (AvgIpc) is 2.90. The normalized spacial score (nSPS) is 11.0. The Bertz CT molecular complexity index is 927. The average molecular weight is 322 g/mol. The first-order valence-electron chi connectivity index (χ1n) is 6.27. The summed E-state index contributed by atoms with van der Waals surface area (Å²) < 4.78 is 21.2. The molecule has 0 saturated heterocycles. The predicted molar refractivity (Wildman–Crippen MR) is 83.7 cm³/mol. The number of aromatic nitrogens is 2. The number of hydrogen-bond donors (Lipinski definition) is 1. The zero-order valence-electron chi connectivity index (χ0n) is 11.1. The summed E-state index contributed by atoms with van der Waals surface area (Å²) in [6, 6.07) is 6.14. The Balaban J connectivity index is 2.23. The first-order chi connectivity index (χ1) is 10.1. The van der Waals surface area contributed by atoms with Crippen LogP contribution in [0.1, 0.15) is 6.92 Å². The van der Waals surface area contributed by atoms with Gasteiger partial charge in [0.05, 0.1) is 17.8 Å². The Morgan fingerprint density at radius 2 is 2.24 bits per heavy atom. The Morgan fingerprint density at radius 3 is 2.95 bits per heavy atom. The quantitative estimate of drug-likeness (QED) is 0.749. The van der Waals surface area contributed by atoms with E-state index in [0.717, 1.165) is 0 Å². The van der Waals surface area contributed by atoms with E-state index < -0.39 is 5.82 Å². The molecule has 0 unspecified atom stereocenters. The molecule has 2 aromatic heterocycles. The smallest absolute Gasteiger partial charge is 0.276 e. The number of halogens is 1. The molecule has 21 heavy (non-hydrogen) atoms. The molecule has 0 atom stereocenters. The monoisotopic (exact) mass is 322 g/mol. The van der Waals surface area contributed by atoms with Crippen molar-refractivity contribution in [3.63, 3.8) is 0 Å². The highest BCUT2D eigenvalue weighted by molar-refractivity contribution is 7.71. The van der Waals surface area contributed by atoms with E-state index in [1.54, 1.807) is 24.4 Å². The Labute approximate surface area is 128 Å². The molecule has 3 rings (SSSR count). The van der Waals surface area contributed by atoms with Crippen LogP contribution in [0.25, 0.3) is 15.9 Å². The van der Waals surface area contributed by atoms with Gasteiger partial charge in [-0.25, -0.2) is 4.39 Å². The molecule has 0 bridgehead atoms. The molecule has 0 radical (unpaired) electrons. The lowest BCUT2D eigenvalue weighted by Crippen LogP contribution is -2.19. The maximum absolute atomic E-state index is 14.0. The lowest BCUT2D eigenvalue weighted by molar-refractivity contribution is 0.321. The second-order valence-corrected chi connectivity index (χ2v) is 5.58. The SMILES string of the molecule is CCOc1ccc(-n2c(=S)[nH]c3ccsc3c2=O)cc1F. The van der Waals surface area contributed by atoms with Crippen molar-refractivity contribution in [3.8, 4) is 11.4 Å². The molecule has 0 aliphatic rings. The number of hydrogen-bond acceptors (Lipinski definition) is 4. The first kappa shape index (κ1) is 14.0. The van der Waals surface area contributed by atoms with E-state index in [0.29, 0.717) is 22.5 Å². The molecule has 2 heterocycles. The summed E-state index contributed by atoms with van der Waals surface area (Å²) >= 11 is 6.52. The van der Waals surface area contributed by atoms with Crippen LogP contribution in [0.4, 0.5) is 4.39 Å². The Kier molecular flexibility index (Phi) is 3.60. The Hall–Kier alpha value is -1.99. The fourth-order valence-corrected chi connectivity index (χ4v) is 3.15. The minimum Gasteiger partial charge on any atom is -0.491 e. The summed E-state index contributed by atoms with van der Waals surface area (Å²) in [7, 11) is 0. The lowest BCUT2D eigenvalue weighted by Gasteiger charge is -2.09. The second-order valence-electron chi connectivity index (χ2n) is 4.28. The maximum Gasteiger partial charge on any atom is 0.276 e. The minimum atomic E-state index is -0.526. The highest BCUT2D eigenvalue weighted by atomic mass is 32.1. The topological polar surface area (TPSA) is 47.0 Å². The van der Waals surface area contributed by atoms with Crippen molar-refractivity contribution in [1.29, 1.82) is 0 Å². The molecule has 3 aromatic rings. The van der Waals surface area contributed by atoms with Gasteiger partial charge in [-0.05, 0) is 42.7 Å². The number of ether oxygens (including phenoxy) is 1. The van der Waals surface area contributed by atoms with Gasteiger partial charge in [0, 0.05) is 6.07 Å². The van der Waals surface area contributed by atoms with Crippen molar-refractivity contribution in [1.82, 2.24) is 9.55 Å². The summed E-state index contributed by atoms with van der Waals surface area (Å²) in [5, 5.41) is 1.81. The van der Waals surface area contributed by atoms with Crippen LogP contribution in [0.5, 0.6) is 5.75 Å². The minimum absolute atomic E-state index is 0.154. The molecule has 7 heteroatoms. The molecule has 0 aliphatic carbocycles. The number of benzene rings is 1. The molecule has 0 fully saturated rings. The summed E-state index contributed by atoms with van der Waals surface area (Å²) in [5.41, 5.74) is 0.808. The van der Waals surface area contributed by atoms with Crippen molar-refractivity contribution >= 4 is 33.8 Å². The second kappa shape index (κ2) is 5.42. The molecule has 1 aromatic carbocycles. The molecular weight excluding hydrogens is 311 g/mol. The number of rotatable bonds is 3. The summed E-state index contributed by atoms with van der Waals surface area (Å²) in [5.74, 6) is -0.372. The van der Waals surface area contributed by atoms with Crippen LogP contribution in [0.3, 0.4) is 0 Å². The Morgan fingerprint density at radius 1 is 1.43 bits per heavy atom. The van der Waals surface area contributed by atoms with Crippen LogP contribution in [0, 0.1) is 10.6 Å². The highest BCUT2D eigenvalue weighted by Gasteiger charge is 2.11. The number of thiophene rings is 1. The van der Waals surface area contributed by atoms with Gasteiger partial charge in [0.15, 0.2) is 16.3 Å². The number of H-pyrrole nitrogens is 1. The number of nitrogens with zero attached hydrogens (tertiary/aromatic N) is 1. The molecule has 1 N–H and O–H groups in total. The molecule has 4 nitrogen and oxygen atoms in total. The standard InChI is InChI=1S/C14H11FN2O2S2/c1-2-19-11-4-3-8(7-9(11)15)17-13(18)12-10(5-6-21-12)16-14(17)20/h3-7H,2H2,1H3,(H,16,20). The van der Waals surface area contributed by atoms with E-state index in [-0.39, 0.29) is 16.1 Å². The van der Waals surface area contributed by atoms with Gasteiger partial charge in [0.25, 0.3) is 5.56 Å². The molecule has 0 spiro atoms. The third kappa shape index (κ3) is 2.38. The molecule has 108 valence electrons. The first-order valence-corrected chi connectivity index (χ1v) is 7.56. The molecular formula is C14H11FN2O2S2. The largest absolute Gasteiger partial charge is 0.491 e. The van der Waals surface area contributed by atoms with Gasteiger partial charge in [-0.1, -0.05) is 0 Å². The van der Waals surface area contributed by atoms with Crippen LogP contribution >= 0.6 is 23.6 Å². The fraction of sp³-hybridized carbons (Fsp3) is 0.143. The summed E-state index contributed by atoms with van der Waals surface area (Å²) in [6.45, 7) is 2.15. The van der Waals surface area contributed by atoms with Gasteiger partial charge in [0.1, 0.15) is 4.70 Å². The maximum atomic E-state index is 14.0. The molecule has 0 aliphatic heterocycles. The third-order valence-electron chi connectivity index (χ3n) is 2.98. The van der Waals surface area contributed by atoms with Crippen LogP contribution in [0.15, 0.2) is 34.4 Å².